The minimum absolute atomic E-state index is 0.0930. The van der Waals surface area contributed by atoms with Crippen molar-refractivity contribution >= 4 is 32.6 Å². The predicted molar refractivity (Wildman–Crippen MR) is 113 cm³/mol. The van der Waals surface area contributed by atoms with Gasteiger partial charge in [-0.3, -0.25) is 4.79 Å². The zero-order valence-corrected chi connectivity index (χ0v) is 17.2. The van der Waals surface area contributed by atoms with Gasteiger partial charge in [-0.05, 0) is 37.4 Å². The van der Waals surface area contributed by atoms with E-state index in [0.717, 1.165) is 0 Å². The van der Waals surface area contributed by atoms with E-state index in [2.05, 4.69) is 10.2 Å². The number of carbonyl (C=O) groups is 1. The number of likely N-dealkylation sites (N-methyl/N-ethyl adjacent to an activating group) is 1. The molecule has 0 atom stereocenters. The Morgan fingerprint density at radius 2 is 1.73 bits per heavy atom. The quantitative estimate of drug-likeness (QED) is 0.639. The molecular formula is C21H21N3O5S. The van der Waals surface area contributed by atoms with E-state index < -0.39 is 21.6 Å². The summed E-state index contributed by atoms with van der Waals surface area (Å²) in [5, 5.41) is 3.22. The number of nitrogens with zero attached hydrogens (tertiary/aromatic N) is 2. The summed E-state index contributed by atoms with van der Waals surface area (Å²) in [4.78, 5) is 27.0. The molecule has 1 aromatic heterocycles. The van der Waals surface area contributed by atoms with Crippen molar-refractivity contribution in [3.05, 3.63) is 70.6 Å². The standard InChI is InChI=1S/C21H21N3O5S/c1-23-9-11-24(12-10-23)30(27,28)17-7-4-6-16(14-17)22-20(25)18-13-15-5-2-3-8-19(15)29-21(18)26/h2-8,13-14H,9-12H2,1H3,(H,22,25). The normalized spacial score (nSPS) is 15.9. The van der Waals surface area contributed by atoms with Crippen molar-refractivity contribution in [3.8, 4) is 0 Å². The number of hydrogen-bond donors (Lipinski definition) is 1. The highest BCUT2D eigenvalue weighted by molar-refractivity contribution is 7.89. The molecule has 3 aromatic rings. The fourth-order valence-corrected chi connectivity index (χ4v) is 4.80. The molecule has 2 heterocycles. The van der Waals surface area contributed by atoms with Gasteiger partial charge in [0.2, 0.25) is 10.0 Å². The summed E-state index contributed by atoms with van der Waals surface area (Å²) >= 11 is 0. The maximum Gasteiger partial charge on any atom is 0.349 e. The van der Waals surface area contributed by atoms with Gasteiger partial charge in [-0.1, -0.05) is 24.3 Å². The van der Waals surface area contributed by atoms with Crippen LogP contribution in [0.5, 0.6) is 0 Å². The summed E-state index contributed by atoms with van der Waals surface area (Å²) in [6.07, 6.45) is 0. The van der Waals surface area contributed by atoms with Crippen molar-refractivity contribution in [1.82, 2.24) is 9.21 Å². The van der Waals surface area contributed by atoms with Crippen LogP contribution < -0.4 is 10.9 Å². The summed E-state index contributed by atoms with van der Waals surface area (Å²) in [5.41, 5.74) is -0.240. The lowest BCUT2D eigenvalue weighted by Crippen LogP contribution is -2.47. The van der Waals surface area contributed by atoms with Gasteiger partial charge < -0.3 is 14.6 Å². The van der Waals surface area contributed by atoms with Gasteiger partial charge in [-0.15, -0.1) is 0 Å². The fraction of sp³-hybridized carbons (Fsp3) is 0.238. The Balaban J connectivity index is 1.58. The highest BCUT2D eigenvalue weighted by Gasteiger charge is 2.27. The number of carbonyl (C=O) groups excluding carboxylic acids is 1. The van der Waals surface area contributed by atoms with Crippen molar-refractivity contribution in [2.24, 2.45) is 0 Å². The minimum Gasteiger partial charge on any atom is -0.422 e. The van der Waals surface area contributed by atoms with E-state index in [4.69, 9.17) is 4.42 Å². The van der Waals surface area contributed by atoms with Crippen LogP contribution in [0.1, 0.15) is 10.4 Å². The number of rotatable bonds is 4. The first-order chi connectivity index (χ1) is 14.3. The lowest BCUT2D eigenvalue weighted by atomic mass is 10.1. The molecule has 2 aromatic carbocycles. The topological polar surface area (TPSA) is 99.9 Å². The Morgan fingerprint density at radius 1 is 1.00 bits per heavy atom. The summed E-state index contributed by atoms with van der Waals surface area (Å²) in [5.74, 6) is -0.663. The predicted octanol–water partition coefficient (Wildman–Crippen LogP) is 1.98. The molecule has 4 rings (SSSR count). The van der Waals surface area contributed by atoms with Crippen LogP contribution in [0.15, 0.2) is 68.7 Å². The van der Waals surface area contributed by atoms with Gasteiger partial charge in [0.15, 0.2) is 0 Å². The van der Waals surface area contributed by atoms with Crippen LogP contribution in [-0.4, -0.2) is 56.8 Å². The average Bonchev–Trinajstić information content (AvgIpc) is 2.73. The maximum atomic E-state index is 12.9. The second-order valence-electron chi connectivity index (χ2n) is 7.17. The van der Waals surface area contributed by atoms with E-state index in [1.54, 1.807) is 36.4 Å². The molecule has 30 heavy (non-hydrogen) atoms. The second-order valence-corrected chi connectivity index (χ2v) is 9.11. The lowest BCUT2D eigenvalue weighted by Gasteiger charge is -2.31. The number of piperazine rings is 1. The first kappa shape index (κ1) is 20.3. The molecule has 156 valence electrons. The van der Waals surface area contributed by atoms with Gasteiger partial charge >= 0.3 is 5.63 Å². The van der Waals surface area contributed by atoms with Crippen LogP contribution >= 0.6 is 0 Å². The number of anilines is 1. The number of fused-ring (bicyclic) bond motifs is 1. The molecule has 0 spiro atoms. The Labute approximate surface area is 173 Å². The molecule has 1 aliphatic rings. The number of benzene rings is 2. The molecule has 0 saturated carbocycles. The van der Waals surface area contributed by atoms with Gasteiger partial charge in [0.05, 0.1) is 4.90 Å². The van der Waals surface area contributed by atoms with Gasteiger partial charge in [-0.2, -0.15) is 4.31 Å². The summed E-state index contributed by atoms with van der Waals surface area (Å²) in [6.45, 7) is 2.14. The number of para-hydroxylation sites is 1. The van der Waals surface area contributed by atoms with Crippen molar-refractivity contribution < 1.29 is 17.6 Å². The first-order valence-electron chi connectivity index (χ1n) is 9.47. The molecule has 9 heteroatoms. The molecule has 0 radical (unpaired) electrons. The van der Waals surface area contributed by atoms with E-state index in [1.165, 1.54) is 22.5 Å². The summed E-state index contributed by atoms with van der Waals surface area (Å²) < 4.78 is 32.5. The third-order valence-electron chi connectivity index (χ3n) is 5.08. The van der Waals surface area contributed by atoms with E-state index in [0.29, 0.717) is 37.1 Å². The van der Waals surface area contributed by atoms with Crippen LogP contribution in [0.25, 0.3) is 11.0 Å². The lowest BCUT2D eigenvalue weighted by molar-refractivity contribution is 0.102. The molecule has 0 bridgehead atoms. The third-order valence-corrected chi connectivity index (χ3v) is 6.97. The minimum atomic E-state index is -3.67. The molecule has 0 unspecified atom stereocenters. The number of sulfonamides is 1. The van der Waals surface area contributed by atoms with Gasteiger partial charge in [0, 0.05) is 37.3 Å². The van der Waals surface area contributed by atoms with E-state index >= 15 is 0 Å². The largest absolute Gasteiger partial charge is 0.422 e. The highest BCUT2D eigenvalue weighted by atomic mass is 32.2. The van der Waals surface area contributed by atoms with Crippen LogP contribution in [0, 0.1) is 0 Å². The van der Waals surface area contributed by atoms with Crippen molar-refractivity contribution in [3.63, 3.8) is 0 Å². The van der Waals surface area contributed by atoms with Crippen LogP contribution in [0.4, 0.5) is 5.69 Å². The molecule has 1 amide bonds. The molecular weight excluding hydrogens is 406 g/mol. The summed E-state index contributed by atoms with van der Waals surface area (Å²) in [7, 11) is -1.72. The van der Waals surface area contributed by atoms with E-state index in [-0.39, 0.29) is 16.1 Å². The average molecular weight is 427 g/mol. The van der Waals surface area contributed by atoms with Crippen LogP contribution in [0.2, 0.25) is 0 Å². The molecule has 1 aliphatic heterocycles. The highest BCUT2D eigenvalue weighted by Crippen LogP contribution is 2.21. The first-order valence-corrected chi connectivity index (χ1v) is 10.9. The van der Waals surface area contributed by atoms with Gasteiger partial charge in [-0.25, -0.2) is 13.2 Å². The Bertz CT molecular complexity index is 1260. The van der Waals surface area contributed by atoms with Crippen molar-refractivity contribution in [2.75, 3.05) is 38.5 Å². The zero-order valence-electron chi connectivity index (χ0n) is 16.4. The van der Waals surface area contributed by atoms with Gasteiger partial charge in [0.25, 0.3) is 5.91 Å². The smallest absolute Gasteiger partial charge is 0.349 e. The Morgan fingerprint density at radius 3 is 2.50 bits per heavy atom. The maximum absolute atomic E-state index is 12.9. The van der Waals surface area contributed by atoms with Crippen molar-refractivity contribution in [1.29, 1.82) is 0 Å². The molecule has 8 nitrogen and oxygen atoms in total. The van der Waals surface area contributed by atoms with Crippen molar-refractivity contribution in [2.45, 2.75) is 4.90 Å². The molecule has 1 fully saturated rings. The monoisotopic (exact) mass is 427 g/mol. The van der Waals surface area contributed by atoms with E-state index in [1.807, 2.05) is 7.05 Å². The van der Waals surface area contributed by atoms with E-state index in [9.17, 15) is 18.0 Å². The number of amides is 1. The Kier molecular flexibility index (Phi) is 5.42. The zero-order chi connectivity index (χ0) is 21.3. The van der Waals surface area contributed by atoms with Gasteiger partial charge in [0.1, 0.15) is 11.1 Å². The molecule has 1 N–H and O–H groups in total. The SMILES string of the molecule is CN1CCN(S(=O)(=O)c2cccc(NC(=O)c3cc4ccccc4oc3=O)c2)CC1. The fourth-order valence-electron chi connectivity index (χ4n) is 3.33. The third kappa shape index (κ3) is 4.00. The van der Waals surface area contributed by atoms with Crippen LogP contribution in [0.3, 0.4) is 0 Å². The number of hydrogen-bond acceptors (Lipinski definition) is 6. The summed E-state index contributed by atoms with van der Waals surface area (Å²) in [6, 6.07) is 14.4. The molecule has 1 saturated heterocycles. The number of nitrogens with one attached hydrogen (secondary N) is 1. The second kappa shape index (κ2) is 8.02. The van der Waals surface area contributed by atoms with Crippen LogP contribution in [-0.2, 0) is 10.0 Å². The molecule has 0 aliphatic carbocycles. The Hall–Kier alpha value is -3.01.